The summed E-state index contributed by atoms with van der Waals surface area (Å²) in [5, 5.41) is 9.48. The van der Waals surface area contributed by atoms with E-state index in [1.54, 1.807) is 11.3 Å². The molecule has 70 valence electrons. The maximum atomic E-state index is 4.25. The molecular formula is C9H13N3S. The summed E-state index contributed by atoms with van der Waals surface area (Å²) in [5.41, 5.74) is 2.25. The predicted octanol–water partition coefficient (Wildman–Crippen LogP) is 1.28. The van der Waals surface area contributed by atoms with Crippen molar-refractivity contribution in [1.29, 1.82) is 0 Å². The van der Waals surface area contributed by atoms with E-state index >= 15 is 0 Å². The third kappa shape index (κ3) is 1.12. The maximum absolute atomic E-state index is 4.25. The summed E-state index contributed by atoms with van der Waals surface area (Å²) in [7, 11) is 0. The predicted molar refractivity (Wildman–Crippen MR) is 51.9 cm³/mol. The van der Waals surface area contributed by atoms with E-state index in [0.717, 1.165) is 0 Å². The van der Waals surface area contributed by atoms with Crippen LogP contribution in [-0.4, -0.2) is 34.7 Å². The van der Waals surface area contributed by atoms with Crippen molar-refractivity contribution in [3.63, 3.8) is 0 Å². The Kier molecular flexibility index (Phi) is 1.67. The quantitative estimate of drug-likeness (QED) is 0.676. The van der Waals surface area contributed by atoms with Gasteiger partial charge in [0.25, 0.3) is 0 Å². The molecule has 0 amide bonds. The van der Waals surface area contributed by atoms with Crippen LogP contribution in [0.15, 0.2) is 5.51 Å². The van der Waals surface area contributed by atoms with Gasteiger partial charge in [0.15, 0.2) is 0 Å². The van der Waals surface area contributed by atoms with Crippen molar-refractivity contribution >= 4 is 11.3 Å². The topological polar surface area (TPSA) is 29.0 Å². The van der Waals surface area contributed by atoms with Crippen molar-refractivity contribution in [3.8, 4) is 0 Å². The number of fused-ring (bicyclic) bond motifs is 2. The van der Waals surface area contributed by atoms with Crippen LogP contribution in [0, 0.1) is 0 Å². The fourth-order valence-corrected chi connectivity index (χ4v) is 3.49. The molecule has 0 saturated carbocycles. The molecule has 2 fully saturated rings. The molecule has 0 spiro atoms. The number of hydrogen-bond donors (Lipinski definition) is 0. The van der Waals surface area contributed by atoms with Crippen molar-refractivity contribution < 1.29 is 0 Å². The molecule has 2 bridgehead atoms. The highest BCUT2D eigenvalue weighted by atomic mass is 32.1. The molecule has 0 aromatic carbocycles. The van der Waals surface area contributed by atoms with E-state index in [1.807, 2.05) is 5.51 Å². The third-order valence-electron chi connectivity index (χ3n) is 3.38. The van der Waals surface area contributed by atoms with Crippen molar-refractivity contribution in [3.05, 3.63) is 10.5 Å². The van der Waals surface area contributed by atoms with Crippen LogP contribution >= 0.6 is 11.3 Å². The van der Waals surface area contributed by atoms with Crippen LogP contribution < -0.4 is 0 Å². The molecule has 1 aromatic rings. The van der Waals surface area contributed by atoms with Gasteiger partial charge in [0.05, 0.1) is 0 Å². The van der Waals surface area contributed by atoms with Crippen molar-refractivity contribution in [2.24, 2.45) is 0 Å². The second-order valence-corrected chi connectivity index (χ2v) is 4.99. The van der Waals surface area contributed by atoms with Crippen molar-refractivity contribution in [1.82, 2.24) is 15.1 Å². The van der Waals surface area contributed by atoms with Crippen molar-refractivity contribution in [2.45, 2.75) is 24.7 Å². The van der Waals surface area contributed by atoms with Crippen LogP contribution in [0.1, 0.15) is 24.3 Å². The second-order valence-electron chi connectivity index (χ2n) is 4.15. The van der Waals surface area contributed by atoms with Gasteiger partial charge in [-0.05, 0) is 32.4 Å². The normalized spacial score (nSPS) is 38.0. The molecule has 0 aliphatic carbocycles. The van der Waals surface area contributed by atoms with E-state index < -0.39 is 0 Å². The van der Waals surface area contributed by atoms with Gasteiger partial charge in [-0.3, -0.25) is 0 Å². The highest BCUT2D eigenvalue weighted by Crippen LogP contribution is 2.42. The summed E-state index contributed by atoms with van der Waals surface area (Å²) in [6.07, 6.45) is 3.94. The Morgan fingerprint density at radius 3 is 3.23 bits per heavy atom. The molecule has 2 aliphatic rings. The molecule has 3 heterocycles. The van der Waals surface area contributed by atoms with Gasteiger partial charge in [0.1, 0.15) is 10.5 Å². The maximum Gasteiger partial charge on any atom is 0.124 e. The van der Waals surface area contributed by atoms with Crippen LogP contribution in [0.2, 0.25) is 0 Å². The Bertz CT molecular complexity index is 294. The molecule has 0 N–H and O–H groups in total. The first-order valence-electron chi connectivity index (χ1n) is 4.88. The third-order valence-corrected chi connectivity index (χ3v) is 4.31. The minimum absolute atomic E-state index is 0.388. The average Bonchev–Trinajstić information content (AvgIpc) is 2.75. The Labute approximate surface area is 81.8 Å². The number of hydrogen-bond acceptors (Lipinski definition) is 4. The van der Waals surface area contributed by atoms with E-state index in [0.29, 0.717) is 5.41 Å². The lowest BCUT2D eigenvalue weighted by atomic mass is 9.82. The van der Waals surface area contributed by atoms with Gasteiger partial charge in [-0.2, -0.15) is 0 Å². The SMILES string of the molecule is c1nnc(C23CCCN(CC2)C3)s1. The monoisotopic (exact) mass is 195 g/mol. The Morgan fingerprint density at radius 2 is 2.38 bits per heavy atom. The van der Waals surface area contributed by atoms with Gasteiger partial charge in [-0.25, -0.2) is 0 Å². The molecule has 3 rings (SSSR count). The van der Waals surface area contributed by atoms with Gasteiger partial charge >= 0.3 is 0 Å². The largest absolute Gasteiger partial charge is 0.302 e. The van der Waals surface area contributed by atoms with E-state index in [-0.39, 0.29) is 0 Å². The molecule has 2 atom stereocenters. The average molecular weight is 195 g/mol. The zero-order valence-electron chi connectivity index (χ0n) is 7.57. The van der Waals surface area contributed by atoms with E-state index in [2.05, 4.69) is 15.1 Å². The number of nitrogens with zero attached hydrogens (tertiary/aromatic N) is 3. The summed E-state index contributed by atoms with van der Waals surface area (Å²) < 4.78 is 0. The number of rotatable bonds is 1. The van der Waals surface area contributed by atoms with Gasteiger partial charge < -0.3 is 4.90 Å². The van der Waals surface area contributed by atoms with Crippen molar-refractivity contribution in [2.75, 3.05) is 19.6 Å². The first-order valence-corrected chi connectivity index (χ1v) is 5.76. The molecular weight excluding hydrogens is 182 g/mol. The van der Waals surface area contributed by atoms with Gasteiger partial charge in [-0.1, -0.05) is 0 Å². The van der Waals surface area contributed by atoms with Crippen LogP contribution in [-0.2, 0) is 5.41 Å². The lowest BCUT2D eigenvalue weighted by molar-refractivity contribution is 0.242. The van der Waals surface area contributed by atoms with Crippen LogP contribution in [0.5, 0.6) is 0 Å². The minimum atomic E-state index is 0.388. The van der Waals surface area contributed by atoms with E-state index in [9.17, 15) is 0 Å². The molecule has 13 heavy (non-hydrogen) atoms. The number of piperidine rings is 1. The molecule has 1 aromatic heterocycles. The first-order chi connectivity index (χ1) is 6.39. The standard InChI is InChI=1S/C9H13N3S/c1-2-9(8-11-10-7-13-8)3-5-12(4-1)6-9/h7H,1-6H2. The summed E-state index contributed by atoms with van der Waals surface area (Å²) in [6, 6.07) is 0. The lowest BCUT2D eigenvalue weighted by Crippen LogP contribution is -2.36. The van der Waals surface area contributed by atoms with Gasteiger partial charge in [-0.15, -0.1) is 21.5 Å². The van der Waals surface area contributed by atoms with Crippen LogP contribution in [0.25, 0.3) is 0 Å². The Hall–Kier alpha value is -0.480. The summed E-state index contributed by atoms with van der Waals surface area (Å²) >= 11 is 1.73. The van der Waals surface area contributed by atoms with Gasteiger partial charge in [0.2, 0.25) is 0 Å². The lowest BCUT2D eigenvalue weighted by Gasteiger charge is -2.31. The zero-order valence-corrected chi connectivity index (χ0v) is 8.39. The molecule has 4 heteroatoms. The first kappa shape index (κ1) is 7.88. The minimum Gasteiger partial charge on any atom is -0.302 e. The fraction of sp³-hybridized carbons (Fsp3) is 0.778. The van der Waals surface area contributed by atoms with Crippen LogP contribution in [0.3, 0.4) is 0 Å². The zero-order chi connectivity index (χ0) is 8.73. The fourth-order valence-electron chi connectivity index (χ4n) is 2.68. The molecule has 0 radical (unpaired) electrons. The molecule has 2 unspecified atom stereocenters. The van der Waals surface area contributed by atoms with Gasteiger partial charge in [0, 0.05) is 12.0 Å². The molecule has 2 aliphatic heterocycles. The Morgan fingerprint density at radius 1 is 1.38 bits per heavy atom. The highest BCUT2D eigenvalue weighted by Gasteiger charge is 2.44. The van der Waals surface area contributed by atoms with Crippen LogP contribution in [0.4, 0.5) is 0 Å². The van der Waals surface area contributed by atoms with E-state index in [4.69, 9.17) is 0 Å². The second kappa shape index (κ2) is 2.75. The summed E-state index contributed by atoms with van der Waals surface area (Å²) in [4.78, 5) is 2.56. The number of aromatic nitrogens is 2. The smallest absolute Gasteiger partial charge is 0.124 e. The highest BCUT2D eigenvalue weighted by molar-refractivity contribution is 7.09. The van der Waals surface area contributed by atoms with E-state index in [1.165, 1.54) is 43.9 Å². The molecule has 3 nitrogen and oxygen atoms in total. The Balaban J connectivity index is 1.97. The molecule has 2 saturated heterocycles. The summed E-state index contributed by atoms with van der Waals surface area (Å²) in [6.45, 7) is 3.78. The summed E-state index contributed by atoms with van der Waals surface area (Å²) in [5.74, 6) is 0.